The predicted octanol–water partition coefficient (Wildman–Crippen LogP) is 2.14. The average Bonchev–Trinajstić information content (AvgIpc) is 2.40. The van der Waals surface area contributed by atoms with Gasteiger partial charge in [0.05, 0.1) is 6.61 Å². The van der Waals surface area contributed by atoms with E-state index in [0.717, 1.165) is 0 Å². The third kappa shape index (κ3) is 3.32. The van der Waals surface area contributed by atoms with Crippen molar-refractivity contribution in [2.45, 2.75) is 20.8 Å². The number of ketones is 1. The van der Waals surface area contributed by atoms with Crippen molar-refractivity contribution in [2.75, 3.05) is 19.7 Å². The van der Waals surface area contributed by atoms with Crippen molar-refractivity contribution < 1.29 is 14.3 Å². The van der Waals surface area contributed by atoms with Crippen LogP contribution in [0.25, 0.3) is 0 Å². The van der Waals surface area contributed by atoms with Gasteiger partial charge in [0.15, 0.2) is 0 Å². The maximum absolute atomic E-state index is 11.9. The molecule has 0 aromatic heterocycles. The Hall–Kier alpha value is -1.84. The van der Waals surface area contributed by atoms with Gasteiger partial charge in [-0.05, 0) is 45.0 Å². The normalized spacial score (nSPS) is 9.94. The fraction of sp³-hybridized carbons (Fsp3) is 0.429. The zero-order valence-electron chi connectivity index (χ0n) is 11.1. The molecule has 4 nitrogen and oxygen atoms in total. The number of amides is 1. The molecule has 0 N–H and O–H groups in total. The van der Waals surface area contributed by atoms with Crippen LogP contribution >= 0.6 is 0 Å². The van der Waals surface area contributed by atoms with Gasteiger partial charge in [0.1, 0.15) is 5.75 Å². The molecule has 1 aromatic rings. The van der Waals surface area contributed by atoms with Crippen LogP contribution in [0.4, 0.5) is 0 Å². The van der Waals surface area contributed by atoms with Gasteiger partial charge >= 0.3 is 0 Å². The summed E-state index contributed by atoms with van der Waals surface area (Å²) in [5.74, 6) is -0.227. The highest BCUT2D eigenvalue weighted by Crippen LogP contribution is 2.13. The van der Waals surface area contributed by atoms with E-state index in [4.69, 9.17) is 4.74 Å². The Morgan fingerprint density at radius 1 is 1.06 bits per heavy atom. The molecule has 0 radical (unpaired) electrons. The third-order valence-electron chi connectivity index (χ3n) is 2.67. The molecule has 0 saturated carbocycles. The lowest BCUT2D eigenvalue weighted by Crippen LogP contribution is -2.36. The second kappa shape index (κ2) is 6.79. The Kier molecular flexibility index (Phi) is 5.36. The summed E-state index contributed by atoms with van der Waals surface area (Å²) in [7, 11) is 0. The largest absolute Gasteiger partial charge is 0.494 e. The molecule has 98 valence electrons. The van der Waals surface area contributed by atoms with E-state index in [2.05, 4.69) is 0 Å². The van der Waals surface area contributed by atoms with Gasteiger partial charge < -0.3 is 9.64 Å². The van der Waals surface area contributed by atoms with E-state index in [0.29, 0.717) is 31.0 Å². The number of Topliss-reactive ketones (excluding diaryl/α,β-unsaturated/α-hetero) is 1. The van der Waals surface area contributed by atoms with Crippen molar-refractivity contribution in [2.24, 2.45) is 0 Å². The lowest BCUT2D eigenvalue weighted by Gasteiger charge is -2.17. The minimum atomic E-state index is -0.471. The predicted molar refractivity (Wildman–Crippen MR) is 69.9 cm³/mol. The van der Waals surface area contributed by atoms with E-state index in [-0.39, 0.29) is 0 Å². The van der Waals surface area contributed by atoms with Crippen LogP contribution in [-0.4, -0.2) is 36.3 Å². The number of rotatable bonds is 6. The summed E-state index contributed by atoms with van der Waals surface area (Å²) in [4.78, 5) is 25.3. The molecule has 0 atom stereocenters. The number of nitrogens with zero attached hydrogens (tertiary/aromatic N) is 1. The van der Waals surface area contributed by atoms with Gasteiger partial charge in [-0.15, -0.1) is 0 Å². The second-order valence-electron chi connectivity index (χ2n) is 3.76. The Balaban J connectivity index is 2.80. The molecule has 0 saturated heterocycles. The summed E-state index contributed by atoms with van der Waals surface area (Å²) in [6, 6.07) is 6.64. The first-order valence-electron chi connectivity index (χ1n) is 6.20. The van der Waals surface area contributed by atoms with E-state index in [1.54, 1.807) is 24.3 Å². The first-order chi connectivity index (χ1) is 8.63. The van der Waals surface area contributed by atoms with Gasteiger partial charge in [-0.1, -0.05) is 0 Å². The van der Waals surface area contributed by atoms with E-state index < -0.39 is 11.7 Å². The Morgan fingerprint density at radius 3 is 2.06 bits per heavy atom. The summed E-state index contributed by atoms with van der Waals surface area (Å²) in [6.45, 7) is 7.25. The van der Waals surface area contributed by atoms with Crippen molar-refractivity contribution >= 4 is 11.7 Å². The highest BCUT2D eigenvalue weighted by molar-refractivity contribution is 6.42. The zero-order valence-corrected chi connectivity index (χ0v) is 11.1. The highest BCUT2D eigenvalue weighted by atomic mass is 16.5. The smallest absolute Gasteiger partial charge is 0.294 e. The molecule has 0 bridgehead atoms. The SMILES string of the molecule is CCOc1ccc(C(=O)C(=O)N(CC)CC)cc1. The molecule has 0 fully saturated rings. The van der Waals surface area contributed by atoms with E-state index in [9.17, 15) is 9.59 Å². The molecule has 1 rings (SSSR count). The van der Waals surface area contributed by atoms with Crippen molar-refractivity contribution in [1.29, 1.82) is 0 Å². The van der Waals surface area contributed by atoms with Crippen molar-refractivity contribution in [3.05, 3.63) is 29.8 Å². The average molecular weight is 249 g/mol. The molecule has 0 aliphatic rings. The van der Waals surface area contributed by atoms with Crippen LogP contribution in [-0.2, 0) is 4.79 Å². The van der Waals surface area contributed by atoms with Crippen LogP contribution < -0.4 is 4.74 Å². The zero-order chi connectivity index (χ0) is 13.5. The Bertz CT molecular complexity index is 408. The van der Waals surface area contributed by atoms with Crippen LogP contribution in [0.2, 0.25) is 0 Å². The molecule has 0 heterocycles. The van der Waals surface area contributed by atoms with Crippen LogP contribution in [0.3, 0.4) is 0 Å². The number of carbonyl (C=O) groups is 2. The van der Waals surface area contributed by atoms with Gasteiger partial charge in [0.25, 0.3) is 5.91 Å². The lowest BCUT2D eigenvalue weighted by molar-refractivity contribution is -0.126. The number of hydrogen-bond acceptors (Lipinski definition) is 3. The van der Waals surface area contributed by atoms with Gasteiger partial charge in [-0.2, -0.15) is 0 Å². The summed E-state index contributed by atoms with van der Waals surface area (Å²) in [6.07, 6.45) is 0. The third-order valence-corrected chi connectivity index (χ3v) is 2.67. The maximum atomic E-state index is 11.9. The standard InChI is InChI=1S/C14H19NO3/c1-4-15(5-2)14(17)13(16)11-7-9-12(10-8-11)18-6-3/h7-10H,4-6H2,1-3H3. The molecule has 18 heavy (non-hydrogen) atoms. The second-order valence-corrected chi connectivity index (χ2v) is 3.76. The van der Waals surface area contributed by atoms with Crippen molar-refractivity contribution in [3.63, 3.8) is 0 Å². The van der Waals surface area contributed by atoms with Crippen molar-refractivity contribution in [1.82, 2.24) is 4.90 Å². The molecule has 0 unspecified atom stereocenters. The van der Waals surface area contributed by atoms with Crippen LogP contribution in [0.1, 0.15) is 31.1 Å². The first kappa shape index (κ1) is 14.2. The van der Waals surface area contributed by atoms with E-state index in [1.165, 1.54) is 4.90 Å². The minimum absolute atomic E-state index is 0.398. The molecule has 4 heteroatoms. The molecule has 1 amide bonds. The fourth-order valence-electron chi connectivity index (χ4n) is 1.65. The number of benzene rings is 1. The Morgan fingerprint density at radius 2 is 1.61 bits per heavy atom. The van der Waals surface area contributed by atoms with Gasteiger partial charge in [-0.3, -0.25) is 9.59 Å². The monoisotopic (exact) mass is 249 g/mol. The van der Waals surface area contributed by atoms with Crippen LogP contribution in [0.5, 0.6) is 5.75 Å². The minimum Gasteiger partial charge on any atom is -0.494 e. The summed E-state index contributed by atoms with van der Waals surface area (Å²) in [5, 5.41) is 0. The summed E-state index contributed by atoms with van der Waals surface area (Å²) >= 11 is 0. The summed E-state index contributed by atoms with van der Waals surface area (Å²) < 4.78 is 5.28. The van der Waals surface area contributed by atoms with Gasteiger partial charge in [0, 0.05) is 18.7 Å². The first-order valence-corrected chi connectivity index (χ1v) is 6.20. The van der Waals surface area contributed by atoms with E-state index >= 15 is 0 Å². The molecule has 0 spiro atoms. The van der Waals surface area contributed by atoms with Crippen LogP contribution in [0, 0.1) is 0 Å². The fourth-order valence-corrected chi connectivity index (χ4v) is 1.65. The van der Waals surface area contributed by atoms with E-state index in [1.807, 2.05) is 20.8 Å². The molecule has 0 aliphatic heterocycles. The maximum Gasteiger partial charge on any atom is 0.294 e. The molecular weight excluding hydrogens is 230 g/mol. The Labute approximate surface area is 108 Å². The molecular formula is C14H19NO3. The van der Waals surface area contributed by atoms with Crippen LogP contribution in [0.15, 0.2) is 24.3 Å². The lowest BCUT2D eigenvalue weighted by atomic mass is 10.1. The highest BCUT2D eigenvalue weighted by Gasteiger charge is 2.20. The number of carbonyl (C=O) groups excluding carboxylic acids is 2. The number of likely N-dealkylation sites (N-methyl/N-ethyl adjacent to an activating group) is 1. The topological polar surface area (TPSA) is 46.6 Å². The summed E-state index contributed by atoms with van der Waals surface area (Å²) in [5.41, 5.74) is 0.398. The number of hydrogen-bond donors (Lipinski definition) is 0. The molecule has 0 aliphatic carbocycles. The number of ether oxygens (including phenoxy) is 1. The van der Waals surface area contributed by atoms with Gasteiger partial charge in [-0.25, -0.2) is 0 Å². The van der Waals surface area contributed by atoms with Gasteiger partial charge in [0.2, 0.25) is 5.78 Å². The molecule has 1 aromatic carbocycles. The van der Waals surface area contributed by atoms with Crippen molar-refractivity contribution in [3.8, 4) is 5.75 Å². The quantitative estimate of drug-likeness (QED) is 0.573.